The summed E-state index contributed by atoms with van der Waals surface area (Å²) in [5, 5.41) is 0. The minimum absolute atomic E-state index is 0.0151. The normalized spacial score (nSPS) is 26.6. The molecule has 1 aliphatic heterocycles. The van der Waals surface area contributed by atoms with E-state index in [1.807, 2.05) is 25.1 Å². The molecule has 0 N–H and O–H groups in total. The zero-order valence-corrected chi connectivity index (χ0v) is 10.4. The Kier molecular flexibility index (Phi) is 3.79. The molecule has 0 saturated carbocycles. The second kappa shape index (κ2) is 5.32. The molecule has 3 heteroatoms. The predicted molar refractivity (Wildman–Crippen MR) is 66.7 cm³/mol. The van der Waals surface area contributed by atoms with Crippen molar-refractivity contribution in [3.63, 3.8) is 0 Å². The number of carbonyl (C=O) groups is 1. The Labute approximate surface area is 102 Å². The fourth-order valence-electron chi connectivity index (χ4n) is 2.21. The summed E-state index contributed by atoms with van der Waals surface area (Å²) in [5.41, 5.74) is 1.31. The lowest BCUT2D eigenvalue weighted by Crippen LogP contribution is -2.17. The molecular formula is C14H19NO2. The highest BCUT2D eigenvalue weighted by Crippen LogP contribution is 2.28. The Balaban J connectivity index is 1.80. The number of benzene rings is 1. The Morgan fingerprint density at radius 2 is 2.06 bits per heavy atom. The average Bonchev–Trinajstić information content (AvgIpc) is 2.99. The summed E-state index contributed by atoms with van der Waals surface area (Å²) in [6.45, 7) is 5.31. The molecule has 0 radical (unpaired) electrons. The standard InChI is InChI=1S/C14H19NO2/c1-3-17-14(16)13-11(2)15(13)10-9-12-7-5-4-6-8-12/h4-8,11,13H,3,9-10H2,1-2H3/t11-,13-,15?/m0/s1. The molecular weight excluding hydrogens is 214 g/mol. The smallest absolute Gasteiger partial charge is 0.324 e. The minimum Gasteiger partial charge on any atom is -0.465 e. The average molecular weight is 233 g/mol. The predicted octanol–water partition coefficient (Wildman–Crippen LogP) is 1.86. The monoisotopic (exact) mass is 233 g/mol. The van der Waals surface area contributed by atoms with Crippen LogP contribution in [-0.4, -0.2) is 36.1 Å². The van der Waals surface area contributed by atoms with Gasteiger partial charge in [0.05, 0.1) is 6.61 Å². The van der Waals surface area contributed by atoms with Crippen molar-refractivity contribution < 1.29 is 9.53 Å². The summed E-state index contributed by atoms with van der Waals surface area (Å²) < 4.78 is 5.04. The Morgan fingerprint density at radius 3 is 2.71 bits per heavy atom. The maximum atomic E-state index is 11.6. The number of hydrogen-bond donors (Lipinski definition) is 0. The summed E-state index contributed by atoms with van der Waals surface area (Å²) in [5.74, 6) is -0.0759. The van der Waals surface area contributed by atoms with Crippen LogP contribution in [0.3, 0.4) is 0 Å². The molecule has 3 atom stereocenters. The molecule has 0 amide bonds. The van der Waals surface area contributed by atoms with Crippen LogP contribution in [-0.2, 0) is 16.0 Å². The number of hydrogen-bond acceptors (Lipinski definition) is 3. The molecule has 1 aromatic carbocycles. The van der Waals surface area contributed by atoms with Crippen LogP contribution in [0, 0.1) is 0 Å². The van der Waals surface area contributed by atoms with Crippen molar-refractivity contribution in [2.45, 2.75) is 32.4 Å². The molecule has 0 aliphatic carbocycles. The van der Waals surface area contributed by atoms with E-state index in [0.717, 1.165) is 13.0 Å². The van der Waals surface area contributed by atoms with Gasteiger partial charge in [-0.2, -0.15) is 0 Å². The van der Waals surface area contributed by atoms with Crippen LogP contribution in [0.25, 0.3) is 0 Å². The van der Waals surface area contributed by atoms with Crippen LogP contribution in [0.5, 0.6) is 0 Å². The van der Waals surface area contributed by atoms with Crippen molar-refractivity contribution in [2.75, 3.05) is 13.2 Å². The first-order chi connectivity index (χ1) is 8.24. The zero-order chi connectivity index (χ0) is 12.3. The van der Waals surface area contributed by atoms with E-state index in [2.05, 4.69) is 24.0 Å². The van der Waals surface area contributed by atoms with Crippen LogP contribution < -0.4 is 0 Å². The number of rotatable bonds is 5. The first-order valence-corrected chi connectivity index (χ1v) is 6.20. The second-order valence-corrected chi connectivity index (χ2v) is 4.41. The molecule has 0 aromatic heterocycles. The first kappa shape index (κ1) is 12.1. The van der Waals surface area contributed by atoms with Crippen LogP contribution in [0.2, 0.25) is 0 Å². The molecule has 1 unspecified atom stereocenters. The van der Waals surface area contributed by atoms with Crippen molar-refractivity contribution in [3.8, 4) is 0 Å². The van der Waals surface area contributed by atoms with E-state index in [4.69, 9.17) is 4.74 Å². The van der Waals surface area contributed by atoms with Gasteiger partial charge < -0.3 is 4.74 Å². The lowest BCUT2D eigenvalue weighted by Gasteiger charge is -2.04. The molecule has 0 spiro atoms. The van der Waals surface area contributed by atoms with Crippen molar-refractivity contribution in [1.82, 2.24) is 4.90 Å². The van der Waals surface area contributed by atoms with Gasteiger partial charge in [0.15, 0.2) is 0 Å². The van der Waals surface area contributed by atoms with E-state index < -0.39 is 0 Å². The number of carbonyl (C=O) groups excluding carboxylic acids is 1. The minimum atomic E-state index is -0.0759. The van der Waals surface area contributed by atoms with Gasteiger partial charge in [0, 0.05) is 12.6 Å². The maximum absolute atomic E-state index is 11.6. The van der Waals surface area contributed by atoms with Gasteiger partial charge in [-0.25, -0.2) is 0 Å². The van der Waals surface area contributed by atoms with E-state index in [9.17, 15) is 4.79 Å². The van der Waals surface area contributed by atoms with Gasteiger partial charge in [0.25, 0.3) is 0 Å². The van der Waals surface area contributed by atoms with Crippen molar-refractivity contribution in [1.29, 1.82) is 0 Å². The fourth-order valence-corrected chi connectivity index (χ4v) is 2.21. The number of esters is 1. The van der Waals surface area contributed by atoms with Crippen molar-refractivity contribution in [2.24, 2.45) is 0 Å². The van der Waals surface area contributed by atoms with E-state index >= 15 is 0 Å². The number of ether oxygens (including phenoxy) is 1. The summed E-state index contributed by atoms with van der Waals surface area (Å²) in [6.07, 6.45) is 0.987. The zero-order valence-electron chi connectivity index (χ0n) is 10.4. The highest BCUT2D eigenvalue weighted by atomic mass is 16.5. The highest BCUT2D eigenvalue weighted by molar-refractivity contribution is 5.80. The Morgan fingerprint density at radius 1 is 1.35 bits per heavy atom. The summed E-state index contributed by atoms with van der Waals surface area (Å²) in [7, 11) is 0. The van der Waals surface area contributed by atoms with E-state index in [0.29, 0.717) is 12.6 Å². The summed E-state index contributed by atoms with van der Waals surface area (Å²) in [4.78, 5) is 13.8. The van der Waals surface area contributed by atoms with Gasteiger partial charge >= 0.3 is 5.97 Å². The van der Waals surface area contributed by atoms with Crippen LogP contribution in [0.4, 0.5) is 0 Å². The van der Waals surface area contributed by atoms with E-state index in [-0.39, 0.29) is 12.0 Å². The van der Waals surface area contributed by atoms with Gasteiger partial charge in [0.1, 0.15) is 6.04 Å². The molecule has 1 fully saturated rings. The molecule has 3 nitrogen and oxygen atoms in total. The van der Waals surface area contributed by atoms with Crippen LogP contribution >= 0.6 is 0 Å². The third-order valence-electron chi connectivity index (χ3n) is 3.28. The van der Waals surface area contributed by atoms with E-state index in [1.165, 1.54) is 5.56 Å². The van der Waals surface area contributed by atoms with Crippen LogP contribution in [0.15, 0.2) is 30.3 Å². The molecule has 0 bridgehead atoms. The van der Waals surface area contributed by atoms with E-state index in [1.54, 1.807) is 0 Å². The van der Waals surface area contributed by atoms with Gasteiger partial charge in [-0.1, -0.05) is 30.3 Å². The molecule has 92 valence electrons. The van der Waals surface area contributed by atoms with Gasteiger partial charge in [-0.15, -0.1) is 0 Å². The SMILES string of the molecule is CCOC(=O)[C@@H]1[C@H](C)N1CCc1ccccc1. The quantitative estimate of drug-likeness (QED) is 0.574. The number of nitrogens with zero attached hydrogens (tertiary/aromatic N) is 1. The van der Waals surface area contributed by atoms with Crippen LogP contribution in [0.1, 0.15) is 19.4 Å². The Hall–Kier alpha value is -1.35. The van der Waals surface area contributed by atoms with Crippen molar-refractivity contribution in [3.05, 3.63) is 35.9 Å². The molecule has 2 rings (SSSR count). The third-order valence-corrected chi connectivity index (χ3v) is 3.28. The molecule has 1 aromatic rings. The molecule has 1 saturated heterocycles. The van der Waals surface area contributed by atoms with Crippen molar-refractivity contribution >= 4 is 5.97 Å². The lowest BCUT2D eigenvalue weighted by atomic mass is 10.1. The second-order valence-electron chi connectivity index (χ2n) is 4.41. The van der Waals surface area contributed by atoms with Gasteiger partial charge in [0.2, 0.25) is 0 Å². The first-order valence-electron chi connectivity index (χ1n) is 6.20. The molecule has 1 heterocycles. The highest BCUT2D eigenvalue weighted by Gasteiger charge is 2.49. The summed E-state index contributed by atoms with van der Waals surface area (Å²) >= 11 is 0. The van der Waals surface area contributed by atoms with Gasteiger partial charge in [-0.3, -0.25) is 9.69 Å². The largest absolute Gasteiger partial charge is 0.465 e. The third kappa shape index (κ3) is 2.86. The molecule has 17 heavy (non-hydrogen) atoms. The lowest BCUT2D eigenvalue weighted by molar-refractivity contribution is -0.143. The summed E-state index contributed by atoms with van der Waals surface area (Å²) in [6, 6.07) is 10.7. The fraction of sp³-hybridized carbons (Fsp3) is 0.500. The maximum Gasteiger partial charge on any atom is 0.324 e. The van der Waals surface area contributed by atoms with Gasteiger partial charge in [-0.05, 0) is 25.8 Å². The Bertz CT molecular complexity index is 377. The topological polar surface area (TPSA) is 29.3 Å². The molecule has 1 aliphatic rings.